The monoisotopic (exact) mass is 408 g/mol. The van der Waals surface area contributed by atoms with Crippen LogP contribution < -0.4 is 4.90 Å². The van der Waals surface area contributed by atoms with Crippen LogP contribution in [0.15, 0.2) is 48.7 Å². The maximum atomic E-state index is 12.6. The van der Waals surface area contributed by atoms with Crippen molar-refractivity contribution in [1.82, 2.24) is 14.9 Å². The lowest BCUT2D eigenvalue weighted by Crippen LogP contribution is -2.36. The molecule has 1 aliphatic heterocycles. The Morgan fingerprint density at radius 2 is 2.10 bits per heavy atom. The zero-order valence-corrected chi connectivity index (χ0v) is 17.8. The van der Waals surface area contributed by atoms with Crippen molar-refractivity contribution in [3.8, 4) is 0 Å². The van der Waals surface area contributed by atoms with Gasteiger partial charge < -0.3 is 9.80 Å². The lowest BCUT2D eigenvalue weighted by molar-refractivity contribution is -0.130. The number of fused-ring (bicyclic) bond motifs is 1. The Balaban J connectivity index is 1.26. The number of nitrogens with zero attached hydrogens (tertiary/aromatic N) is 4. The molecule has 1 atom stereocenters. The van der Waals surface area contributed by atoms with Crippen molar-refractivity contribution in [2.75, 3.05) is 31.6 Å². The van der Waals surface area contributed by atoms with Crippen molar-refractivity contribution in [3.05, 3.63) is 54.4 Å². The highest BCUT2D eigenvalue weighted by atomic mass is 32.1. The molecule has 1 aromatic carbocycles. The highest BCUT2D eigenvalue weighted by Gasteiger charge is 2.23. The van der Waals surface area contributed by atoms with Crippen LogP contribution in [0, 0.1) is 5.92 Å². The molecule has 5 nitrogen and oxygen atoms in total. The maximum absolute atomic E-state index is 12.6. The first-order chi connectivity index (χ1) is 14.2. The summed E-state index contributed by atoms with van der Waals surface area (Å²) in [6.45, 7) is 2.79. The molecule has 2 aromatic heterocycles. The van der Waals surface area contributed by atoms with Crippen LogP contribution in [0.1, 0.15) is 31.4 Å². The summed E-state index contributed by atoms with van der Waals surface area (Å²) in [4.78, 5) is 26.0. The van der Waals surface area contributed by atoms with Crippen LogP contribution in [0.25, 0.3) is 10.2 Å². The molecular weight excluding hydrogens is 380 g/mol. The molecule has 0 aliphatic carbocycles. The highest BCUT2D eigenvalue weighted by Crippen LogP contribution is 2.32. The molecule has 1 fully saturated rings. The van der Waals surface area contributed by atoms with Crippen molar-refractivity contribution in [1.29, 1.82) is 0 Å². The summed E-state index contributed by atoms with van der Waals surface area (Å²) in [5, 5.41) is 1.12. The second-order valence-electron chi connectivity index (χ2n) is 7.84. The van der Waals surface area contributed by atoms with Gasteiger partial charge >= 0.3 is 0 Å². The molecule has 4 rings (SSSR count). The van der Waals surface area contributed by atoms with E-state index in [9.17, 15) is 4.79 Å². The van der Waals surface area contributed by atoms with Crippen molar-refractivity contribution in [3.63, 3.8) is 0 Å². The lowest BCUT2D eigenvalue weighted by atomic mass is 9.93. The Hall–Kier alpha value is -2.47. The molecule has 0 radical (unpaired) electrons. The third kappa shape index (κ3) is 5.12. The number of carbonyl (C=O) groups is 1. The number of likely N-dealkylation sites (N-methyl/N-ethyl adjacent to an activating group) is 1. The standard InChI is InChI=1S/C23H28N4OS/c1-26(16-13-19-8-4-5-14-24-19)22(28)12-11-18-7-6-15-27(17-18)23-25-20-9-2-3-10-21(20)29-23/h2-5,8-10,14,18H,6-7,11-13,15-17H2,1H3/t18-/m1/s1. The van der Waals surface area contributed by atoms with E-state index in [1.807, 2.05) is 36.2 Å². The van der Waals surface area contributed by atoms with Crippen molar-refractivity contribution in [2.24, 2.45) is 5.92 Å². The molecule has 6 heteroatoms. The number of amides is 1. The van der Waals surface area contributed by atoms with Crippen LogP contribution >= 0.6 is 11.3 Å². The van der Waals surface area contributed by atoms with E-state index in [1.54, 1.807) is 17.5 Å². The number of para-hydroxylation sites is 1. The van der Waals surface area contributed by atoms with Crippen LogP contribution in [-0.4, -0.2) is 47.5 Å². The molecular formula is C23H28N4OS. The Morgan fingerprint density at radius 3 is 2.93 bits per heavy atom. The summed E-state index contributed by atoms with van der Waals surface area (Å²) >= 11 is 1.77. The topological polar surface area (TPSA) is 49.3 Å². The number of thiazole rings is 1. The summed E-state index contributed by atoms with van der Waals surface area (Å²) in [5.74, 6) is 0.793. The number of rotatable bonds is 7. The predicted molar refractivity (Wildman–Crippen MR) is 119 cm³/mol. The molecule has 3 heterocycles. The molecule has 29 heavy (non-hydrogen) atoms. The zero-order chi connectivity index (χ0) is 20.1. The number of hydrogen-bond acceptors (Lipinski definition) is 5. The molecule has 0 bridgehead atoms. The van der Waals surface area contributed by atoms with Crippen LogP contribution in [0.2, 0.25) is 0 Å². The van der Waals surface area contributed by atoms with Gasteiger partial charge in [0.2, 0.25) is 5.91 Å². The Bertz CT molecular complexity index is 909. The predicted octanol–water partition coefficient (Wildman–Crippen LogP) is 4.39. The average molecular weight is 409 g/mol. The second kappa shape index (κ2) is 9.35. The normalized spacial score (nSPS) is 16.9. The van der Waals surface area contributed by atoms with Crippen molar-refractivity contribution < 1.29 is 4.79 Å². The third-order valence-corrected chi connectivity index (χ3v) is 6.79. The minimum atomic E-state index is 0.234. The van der Waals surface area contributed by atoms with E-state index in [-0.39, 0.29) is 5.91 Å². The van der Waals surface area contributed by atoms with E-state index in [0.29, 0.717) is 12.3 Å². The fourth-order valence-electron chi connectivity index (χ4n) is 3.94. The number of hydrogen-bond donors (Lipinski definition) is 0. The summed E-state index contributed by atoms with van der Waals surface area (Å²) in [6, 6.07) is 14.2. The third-order valence-electron chi connectivity index (χ3n) is 5.69. The van der Waals surface area contributed by atoms with Gasteiger partial charge in [-0.1, -0.05) is 29.5 Å². The number of aromatic nitrogens is 2. The largest absolute Gasteiger partial charge is 0.348 e. The molecule has 0 saturated carbocycles. The Kier molecular flexibility index (Phi) is 6.39. The molecule has 0 N–H and O–H groups in total. The fourth-order valence-corrected chi connectivity index (χ4v) is 4.94. The van der Waals surface area contributed by atoms with Gasteiger partial charge in [0, 0.05) is 51.4 Å². The van der Waals surface area contributed by atoms with Gasteiger partial charge in [-0.2, -0.15) is 0 Å². The molecule has 3 aromatic rings. The van der Waals surface area contributed by atoms with Gasteiger partial charge in [0.05, 0.1) is 10.2 Å². The molecule has 1 amide bonds. The first-order valence-electron chi connectivity index (χ1n) is 10.4. The second-order valence-corrected chi connectivity index (χ2v) is 8.85. The zero-order valence-electron chi connectivity index (χ0n) is 17.0. The first-order valence-corrected chi connectivity index (χ1v) is 11.2. The van der Waals surface area contributed by atoms with Crippen molar-refractivity contribution >= 4 is 32.6 Å². The Morgan fingerprint density at radius 1 is 1.24 bits per heavy atom. The van der Waals surface area contributed by atoms with Gasteiger partial charge in [0.1, 0.15) is 0 Å². The van der Waals surface area contributed by atoms with Crippen molar-refractivity contribution in [2.45, 2.75) is 32.1 Å². The van der Waals surface area contributed by atoms with E-state index >= 15 is 0 Å². The van der Waals surface area contributed by atoms with Gasteiger partial charge in [-0.25, -0.2) is 4.98 Å². The van der Waals surface area contributed by atoms with Crippen LogP contribution in [0.5, 0.6) is 0 Å². The highest BCUT2D eigenvalue weighted by molar-refractivity contribution is 7.22. The smallest absolute Gasteiger partial charge is 0.222 e. The number of anilines is 1. The van der Waals surface area contributed by atoms with Gasteiger partial charge in [0.25, 0.3) is 0 Å². The molecule has 0 spiro atoms. The summed E-state index contributed by atoms with van der Waals surface area (Å²) < 4.78 is 1.24. The number of piperidine rings is 1. The van der Waals surface area contributed by atoms with E-state index in [4.69, 9.17) is 4.98 Å². The van der Waals surface area contributed by atoms with E-state index in [2.05, 4.69) is 28.1 Å². The summed E-state index contributed by atoms with van der Waals surface area (Å²) in [6.07, 6.45) is 6.55. The SMILES string of the molecule is CN(CCc1ccccn1)C(=O)CC[C@H]1CCCN(c2nc3ccccc3s2)C1. The van der Waals surface area contributed by atoms with Crippen LogP contribution in [0.4, 0.5) is 5.13 Å². The minimum absolute atomic E-state index is 0.234. The van der Waals surface area contributed by atoms with Gasteiger partial charge in [-0.15, -0.1) is 0 Å². The Labute approximate surface area is 176 Å². The fraction of sp³-hybridized carbons (Fsp3) is 0.435. The molecule has 1 aliphatic rings. The quantitative estimate of drug-likeness (QED) is 0.582. The first kappa shape index (κ1) is 19.8. The summed E-state index contributed by atoms with van der Waals surface area (Å²) in [7, 11) is 1.90. The maximum Gasteiger partial charge on any atom is 0.222 e. The van der Waals surface area contributed by atoms with E-state index in [1.165, 1.54) is 17.5 Å². The minimum Gasteiger partial charge on any atom is -0.348 e. The van der Waals surface area contributed by atoms with Crippen LogP contribution in [0.3, 0.4) is 0 Å². The van der Waals surface area contributed by atoms with E-state index in [0.717, 1.165) is 48.8 Å². The van der Waals surface area contributed by atoms with Gasteiger partial charge in [-0.3, -0.25) is 9.78 Å². The van der Waals surface area contributed by atoms with Gasteiger partial charge in [-0.05, 0) is 49.4 Å². The number of carbonyl (C=O) groups excluding carboxylic acids is 1. The van der Waals surface area contributed by atoms with E-state index < -0.39 is 0 Å². The molecule has 0 unspecified atom stereocenters. The van der Waals surface area contributed by atoms with Crippen LogP contribution in [-0.2, 0) is 11.2 Å². The lowest BCUT2D eigenvalue weighted by Gasteiger charge is -2.32. The average Bonchev–Trinajstić information content (AvgIpc) is 3.21. The number of pyridine rings is 1. The van der Waals surface area contributed by atoms with Gasteiger partial charge in [0.15, 0.2) is 5.13 Å². The molecule has 152 valence electrons. The summed E-state index contributed by atoms with van der Waals surface area (Å²) in [5.41, 5.74) is 2.12. The molecule has 1 saturated heterocycles. The number of benzene rings is 1.